The Labute approximate surface area is 137 Å². The Hall–Kier alpha value is -1.71. The molecule has 3 rings (SSSR count). The van der Waals surface area contributed by atoms with E-state index in [1.165, 1.54) is 0 Å². The lowest BCUT2D eigenvalue weighted by atomic mass is 10.1. The van der Waals surface area contributed by atoms with Gasteiger partial charge in [-0.1, -0.05) is 72.3 Å². The quantitative estimate of drug-likeness (QED) is 0.604. The molecule has 2 nitrogen and oxygen atoms in total. The summed E-state index contributed by atoms with van der Waals surface area (Å²) in [4.78, 5) is 9.02. The lowest BCUT2D eigenvalue weighted by molar-refractivity contribution is 0.967. The zero-order valence-corrected chi connectivity index (χ0v) is 13.5. The van der Waals surface area contributed by atoms with Crippen molar-refractivity contribution in [2.24, 2.45) is 0 Å². The Morgan fingerprint density at radius 1 is 0.857 bits per heavy atom. The van der Waals surface area contributed by atoms with E-state index >= 15 is 0 Å². The summed E-state index contributed by atoms with van der Waals surface area (Å²) in [7, 11) is 0. The maximum atomic E-state index is 6.24. The molecule has 4 heteroatoms. The van der Waals surface area contributed by atoms with Gasteiger partial charge in [-0.05, 0) is 21.5 Å². The Morgan fingerprint density at radius 2 is 1.48 bits per heavy atom. The van der Waals surface area contributed by atoms with Crippen molar-refractivity contribution in [2.75, 3.05) is 0 Å². The molecule has 1 aromatic heterocycles. The molecule has 0 atom stereocenters. The standard InChI is InChI=1S/C17H12BrClN2/c18-15-16(13-9-5-2-6-10-13)20-14(21-17(15)19)11-12-7-3-1-4-8-12/h1-10H,11H2. The van der Waals surface area contributed by atoms with E-state index in [1.807, 2.05) is 48.5 Å². The molecule has 0 aliphatic heterocycles. The van der Waals surface area contributed by atoms with Crippen LogP contribution in [0.2, 0.25) is 5.15 Å². The maximum absolute atomic E-state index is 6.24. The van der Waals surface area contributed by atoms with E-state index < -0.39 is 0 Å². The SMILES string of the molecule is Clc1nc(Cc2ccccc2)nc(-c2ccccc2)c1Br. The molecule has 2 aromatic carbocycles. The Morgan fingerprint density at radius 3 is 2.14 bits per heavy atom. The monoisotopic (exact) mass is 358 g/mol. The average molecular weight is 360 g/mol. The molecule has 0 N–H and O–H groups in total. The van der Waals surface area contributed by atoms with Crippen LogP contribution in [0.3, 0.4) is 0 Å². The van der Waals surface area contributed by atoms with Gasteiger partial charge in [0.25, 0.3) is 0 Å². The Bertz CT molecular complexity index is 745. The zero-order valence-electron chi connectivity index (χ0n) is 11.1. The minimum Gasteiger partial charge on any atom is -0.231 e. The number of aromatic nitrogens is 2. The highest BCUT2D eigenvalue weighted by molar-refractivity contribution is 9.10. The van der Waals surface area contributed by atoms with E-state index in [-0.39, 0.29) is 0 Å². The van der Waals surface area contributed by atoms with Gasteiger partial charge in [0.1, 0.15) is 11.0 Å². The van der Waals surface area contributed by atoms with E-state index in [0.717, 1.165) is 21.3 Å². The highest BCUT2D eigenvalue weighted by atomic mass is 79.9. The molecule has 0 aliphatic rings. The first-order valence-corrected chi connectivity index (χ1v) is 7.72. The Kier molecular flexibility index (Phi) is 4.32. The predicted molar refractivity (Wildman–Crippen MR) is 89.4 cm³/mol. The summed E-state index contributed by atoms with van der Waals surface area (Å²) in [5, 5.41) is 0.440. The third kappa shape index (κ3) is 3.31. The third-order valence-electron chi connectivity index (χ3n) is 3.11. The molecule has 0 bridgehead atoms. The largest absolute Gasteiger partial charge is 0.231 e. The fraction of sp³-hybridized carbons (Fsp3) is 0.0588. The van der Waals surface area contributed by atoms with Gasteiger partial charge in [0.2, 0.25) is 0 Å². The minimum atomic E-state index is 0.440. The van der Waals surface area contributed by atoms with Crippen LogP contribution < -0.4 is 0 Å². The van der Waals surface area contributed by atoms with Crippen LogP contribution in [0.4, 0.5) is 0 Å². The second-order valence-corrected chi connectivity index (χ2v) is 5.77. The second-order valence-electron chi connectivity index (χ2n) is 4.62. The van der Waals surface area contributed by atoms with E-state index in [1.54, 1.807) is 0 Å². The van der Waals surface area contributed by atoms with E-state index in [4.69, 9.17) is 11.6 Å². The van der Waals surface area contributed by atoms with Crippen LogP contribution in [0.1, 0.15) is 11.4 Å². The number of nitrogens with zero attached hydrogens (tertiary/aromatic N) is 2. The number of hydrogen-bond donors (Lipinski definition) is 0. The third-order valence-corrected chi connectivity index (χ3v) is 4.36. The van der Waals surface area contributed by atoms with Crippen molar-refractivity contribution < 1.29 is 0 Å². The fourth-order valence-electron chi connectivity index (χ4n) is 2.11. The number of halogens is 2. The summed E-state index contributed by atoms with van der Waals surface area (Å²) < 4.78 is 0.729. The summed E-state index contributed by atoms with van der Waals surface area (Å²) in [5.41, 5.74) is 3.00. The van der Waals surface area contributed by atoms with Gasteiger partial charge in [-0.2, -0.15) is 0 Å². The van der Waals surface area contributed by atoms with Crippen LogP contribution in [0.15, 0.2) is 65.1 Å². The van der Waals surface area contributed by atoms with Crippen molar-refractivity contribution in [1.29, 1.82) is 0 Å². The first-order valence-electron chi connectivity index (χ1n) is 6.55. The average Bonchev–Trinajstić information content (AvgIpc) is 2.52. The molecule has 0 amide bonds. The molecule has 104 valence electrons. The molecule has 0 saturated heterocycles. The number of hydrogen-bond acceptors (Lipinski definition) is 2. The first-order chi connectivity index (χ1) is 10.2. The van der Waals surface area contributed by atoms with Gasteiger partial charge in [0.05, 0.1) is 10.2 Å². The summed E-state index contributed by atoms with van der Waals surface area (Å²) in [6.07, 6.45) is 0.660. The summed E-state index contributed by atoms with van der Waals surface area (Å²) in [5.74, 6) is 0.716. The topological polar surface area (TPSA) is 25.8 Å². The van der Waals surface area contributed by atoms with Gasteiger partial charge < -0.3 is 0 Å². The van der Waals surface area contributed by atoms with Crippen LogP contribution in [0, 0.1) is 0 Å². The lowest BCUT2D eigenvalue weighted by Gasteiger charge is -2.08. The Balaban J connectivity index is 2.02. The molecule has 0 unspecified atom stereocenters. The highest BCUT2D eigenvalue weighted by Gasteiger charge is 2.12. The zero-order chi connectivity index (χ0) is 14.7. The summed E-state index contributed by atoms with van der Waals surface area (Å²) >= 11 is 9.72. The molecule has 21 heavy (non-hydrogen) atoms. The number of benzene rings is 2. The van der Waals surface area contributed by atoms with Gasteiger partial charge in [-0.15, -0.1) is 0 Å². The van der Waals surface area contributed by atoms with E-state index in [0.29, 0.717) is 17.4 Å². The van der Waals surface area contributed by atoms with Crippen LogP contribution in [-0.2, 0) is 6.42 Å². The van der Waals surface area contributed by atoms with Crippen molar-refractivity contribution in [2.45, 2.75) is 6.42 Å². The van der Waals surface area contributed by atoms with Crippen molar-refractivity contribution in [3.63, 3.8) is 0 Å². The molecule has 0 saturated carbocycles. The van der Waals surface area contributed by atoms with Crippen molar-refractivity contribution in [1.82, 2.24) is 9.97 Å². The first kappa shape index (κ1) is 14.2. The van der Waals surface area contributed by atoms with Crippen LogP contribution in [0.5, 0.6) is 0 Å². The number of rotatable bonds is 3. The van der Waals surface area contributed by atoms with Gasteiger partial charge in [-0.3, -0.25) is 0 Å². The molecule has 1 heterocycles. The second kappa shape index (κ2) is 6.37. The van der Waals surface area contributed by atoms with Crippen molar-refractivity contribution in [3.05, 3.63) is 81.7 Å². The van der Waals surface area contributed by atoms with Gasteiger partial charge in [0.15, 0.2) is 0 Å². The highest BCUT2D eigenvalue weighted by Crippen LogP contribution is 2.31. The van der Waals surface area contributed by atoms with Crippen LogP contribution in [0.25, 0.3) is 11.3 Å². The molecule has 0 spiro atoms. The lowest BCUT2D eigenvalue weighted by Crippen LogP contribution is -2.00. The normalized spacial score (nSPS) is 10.6. The van der Waals surface area contributed by atoms with E-state index in [9.17, 15) is 0 Å². The summed E-state index contributed by atoms with van der Waals surface area (Å²) in [6.45, 7) is 0. The summed E-state index contributed by atoms with van der Waals surface area (Å²) in [6, 6.07) is 20.1. The fourth-order valence-corrected chi connectivity index (χ4v) is 2.70. The van der Waals surface area contributed by atoms with Gasteiger partial charge in [0, 0.05) is 12.0 Å². The minimum absolute atomic E-state index is 0.440. The van der Waals surface area contributed by atoms with Gasteiger partial charge >= 0.3 is 0 Å². The molecule has 0 fully saturated rings. The van der Waals surface area contributed by atoms with Crippen LogP contribution in [-0.4, -0.2) is 9.97 Å². The molecule has 0 aliphatic carbocycles. The smallest absolute Gasteiger partial charge is 0.147 e. The molecular weight excluding hydrogens is 348 g/mol. The van der Waals surface area contributed by atoms with E-state index in [2.05, 4.69) is 38.0 Å². The molecule has 0 radical (unpaired) electrons. The van der Waals surface area contributed by atoms with Crippen LogP contribution >= 0.6 is 27.5 Å². The maximum Gasteiger partial charge on any atom is 0.147 e. The van der Waals surface area contributed by atoms with Crippen molar-refractivity contribution in [3.8, 4) is 11.3 Å². The van der Waals surface area contributed by atoms with Gasteiger partial charge in [-0.25, -0.2) is 9.97 Å². The molecule has 3 aromatic rings. The van der Waals surface area contributed by atoms with Crippen molar-refractivity contribution >= 4 is 27.5 Å². The molecular formula is C17H12BrClN2. The predicted octanol–water partition coefficient (Wildman–Crippen LogP) is 5.15.